The van der Waals surface area contributed by atoms with Crippen LogP contribution in [0.4, 0.5) is 0 Å². The lowest BCUT2D eigenvalue weighted by Crippen LogP contribution is -2.42. The number of aromatic nitrogens is 2. The van der Waals surface area contributed by atoms with E-state index in [1.54, 1.807) is 6.07 Å². The summed E-state index contributed by atoms with van der Waals surface area (Å²) in [5.41, 5.74) is 0.586. The van der Waals surface area contributed by atoms with Crippen LogP contribution in [0.1, 0.15) is 5.89 Å². The maximum Gasteiger partial charge on any atom is 0.228 e. The molecule has 1 unspecified atom stereocenters. The number of phenols is 2. The molecule has 106 valence electrons. The maximum absolute atomic E-state index is 9.47. The van der Waals surface area contributed by atoms with Gasteiger partial charge >= 0.3 is 0 Å². The first kappa shape index (κ1) is 12.9. The van der Waals surface area contributed by atoms with Crippen molar-refractivity contribution in [2.24, 2.45) is 0 Å². The van der Waals surface area contributed by atoms with Gasteiger partial charge in [-0.25, -0.2) is 0 Å². The van der Waals surface area contributed by atoms with E-state index >= 15 is 0 Å². The molecule has 1 aromatic carbocycles. The number of nitrogens with zero attached hydrogens (tertiary/aromatic N) is 2. The Morgan fingerprint density at radius 3 is 2.95 bits per heavy atom. The van der Waals surface area contributed by atoms with Crippen LogP contribution in [0.5, 0.6) is 11.5 Å². The van der Waals surface area contributed by atoms with Crippen LogP contribution >= 0.6 is 0 Å². The quantitative estimate of drug-likeness (QED) is 0.709. The zero-order chi connectivity index (χ0) is 13.9. The van der Waals surface area contributed by atoms with E-state index in [1.807, 2.05) is 0 Å². The first-order chi connectivity index (χ1) is 9.72. The standard InChI is InChI=1S/C13H15N3O4/c17-10-2-1-8(5-11(10)18)13-15-12(20-16-13)6-9-7-19-4-3-14-9/h1-2,5,9,14,17-18H,3-4,6-7H2. The van der Waals surface area contributed by atoms with Gasteiger partial charge in [0, 0.05) is 24.6 Å². The topological polar surface area (TPSA) is 101 Å². The van der Waals surface area contributed by atoms with Gasteiger partial charge in [0.15, 0.2) is 11.5 Å². The molecule has 0 spiro atoms. The fraction of sp³-hybridized carbons (Fsp3) is 0.385. The van der Waals surface area contributed by atoms with Crippen molar-refractivity contribution in [3.05, 3.63) is 24.1 Å². The molecule has 2 heterocycles. The van der Waals surface area contributed by atoms with Crippen LogP contribution in [0.15, 0.2) is 22.7 Å². The molecule has 0 amide bonds. The molecule has 0 aliphatic carbocycles. The fourth-order valence-corrected chi connectivity index (χ4v) is 2.08. The molecule has 1 fully saturated rings. The zero-order valence-corrected chi connectivity index (χ0v) is 10.7. The van der Waals surface area contributed by atoms with Gasteiger partial charge in [0.05, 0.1) is 13.2 Å². The van der Waals surface area contributed by atoms with Crippen LogP contribution < -0.4 is 5.32 Å². The Kier molecular flexibility index (Phi) is 3.53. The fourth-order valence-electron chi connectivity index (χ4n) is 2.08. The first-order valence-corrected chi connectivity index (χ1v) is 6.38. The molecule has 2 aromatic rings. The number of morpholine rings is 1. The molecule has 0 radical (unpaired) electrons. The second-order valence-electron chi connectivity index (χ2n) is 4.65. The molecule has 1 aromatic heterocycles. The predicted octanol–water partition coefficient (Wildman–Crippen LogP) is 0.679. The van der Waals surface area contributed by atoms with E-state index in [1.165, 1.54) is 12.1 Å². The summed E-state index contributed by atoms with van der Waals surface area (Å²) in [6.07, 6.45) is 0.594. The van der Waals surface area contributed by atoms with Crippen molar-refractivity contribution in [2.75, 3.05) is 19.8 Å². The van der Waals surface area contributed by atoms with Gasteiger partial charge in [-0.3, -0.25) is 0 Å². The van der Waals surface area contributed by atoms with Crippen molar-refractivity contribution in [1.29, 1.82) is 0 Å². The van der Waals surface area contributed by atoms with Crippen molar-refractivity contribution in [3.63, 3.8) is 0 Å². The summed E-state index contributed by atoms with van der Waals surface area (Å²) in [7, 11) is 0. The third-order valence-electron chi connectivity index (χ3n) is 3.12. The lowest BCUT2D eigenvalue weighted by atomic mass is 10.2. The molecule has 1 atom stereocenters. The van der Waals surface area contributed by atoms with E-state index < -0.39 is 0 Å². The van der Waals surface area contributed by atoms with Crippen LogP contribution in [0, 0.1) is 0 Å². The summed E-state index contributed by atoms with van der Waals surface area (Å²) in [5, 5.41) is 25.9. The number of ether oxygens (including phenoxy) is 1. The third-order valence-corrected chi connectivity index (χ3v) is 3.12. The molecule has 0 saturated carbocycles. The average Bonchev–Trinajstić information content (AvgIpc) is 2.91. The second kappa shape index (κ2) is 5.48. The van der Waals surface area contributed by atoms with Crippen molar-refractivity contribution in [3.8, 4) is 22.9 Å². The summed E-state index contributed by atoms with van der Waals surface area (Å²) in [6.45, 7) is 2.16. The Bertz CT molecular complexity index is 593. The molecule has 3 N–H and O–H groups in total. The van der Waals surface area contributed by atoms with Gasteiger partial charge in [-0.15, -0.1) is 0 Å². The summed E-state index contributed by atoms with van der Waals surface area (Å²) >= 11 is 0. The smallest absolute Gasteiger partial charge is 0.228 e. The van der Waals surface area contributed by atoms with E-state index in [9.17, 15) is 10.2 Å². The van der Waals surface area contributed by atoms with Crippen LogP contribution in [0.2, 0.25) is 0 Å². The highest BCUT2D eigenvalue weighted by molar-refractivity contribution is 5.59. The van der Waals surface area contributed by atoms with Crippen molar-refractivity contribution < 1.29 is 19.5 Å². The number of nitrogens with one attached hydrogen (secondary N) is 1. The summed E-state index contributed by atoms with van der Waals surface area (Å²) in [4.78, 5) is 4.28. The van der Waals surface area contributed by atoms with E-state index in [4.69, 9.17) is 9.26 Å². The molecule has 3 rings (SSSR count). The molecule has 1 aliphatic heterocycles. The monoisotopic (exact) mass is 277 g/mol. The Labute approximate surface area is 115 Å². The largest absolute Gasteiger partial charge is 0.504 e. The van der Waals surface area contributed by atoms with Crippen molar-refractivity contribution in [2.45, 2.75) is 12.5 Å². The minimum absolute atomic E-state index is 0.172. The zero-order valence-electron chi connectivity index (χ0n) is 10.7. The first-order valence-electron chi connectivity index (χ1n) is 6.38. The van der Waals surface area contributed by atoms with Crippen LogP contribution in [-0.4, -0.2) is 46.2 Å². The molecule has 7 heteroatoms. The van der Waals surface area contributed by atoms with Gasteiger partial charge in [0.1, 0.15) is 0 Å². The number of phenolic OH excluding ortho intramolecular Hbond substituents is 2. The highest BCUT2D eigenvalue weighted by Crippen LogP contribution is 2.29. The van der Waals surface area contributed by atoms with Gasteiger partial charge in [-0.2, -0.15) is 4.98 Å². The molecule has 1 saturated heterocycles. The Morgan fingerprint density at radius 1 is 1.30 bits per heavy atom. The highest BCUT2D eigenvalue weighted by Gasteiger charge is 2.18. The Balaban J connectivity index is 1.73. The lowest BCUT2D eigenvalue weighted by molar-refractivity contribution is 0.0744. The van der Waals surface area contributed by atoms with Crippen LogP contribution in [0.3, 0.4) is 0 Å². The average molecular weight is 277 g/mol. The SMILES string of the molecule is Oc1ccc(-c2noc(CC3COCCN3)n2)cc1O. The predicted molar refractivity (Wildman–Crippen MR) is 69.4 cm³/mol. The normalized spacial score (nSPS) is 19.1. The Morgan fingerprint density at radius 2 is 2.20 bits per heavy atom. The molecule has 20 heavy (non-hydrogen) atoms. The van der Waals surface area contributed by atoms with Crippen LogP contribution in [0.25, 0.3) is 11.4 Å². The number of hydrogen-bond donors (Lipinski definition) is 3. The number of aromatic hydroxyl groups is 2. The minimum Gasteiger partial charge on any atom is -0.504 e. The minimum atomic E-state index is -0.212. The third kappa shape index (κ3) is 2.73. The van der Waals surface area contributed by atoms with Gasteiger partial charge in [-0.05, 0) is 18.2 Å². The van der Waals surface area contributed by atoms with E-state index in [2.05, 4.69) is 15.5 Å². The Hall–Kier alpha value is -2.12. The number of hydrogen-bond acceptors (Lipinski definition) is 7. The van der Waals surface area contributed by atoms with Crippen molar-refractivity contribution in [1.82, 2.24) is 15.5 Å². The number of benzene rings is 1. The maximum atomic E-state index is 9.47. The van der Waals surface area contributed by atoms with E-state index in [0.29, 0.717) is 30.3 Å². The molecule has 0 bridgehead atoms. The summed E-state index contributed by atoms with van der Waals surface area (Å²) in [5.74, 6) is 0.500. The van der Waals surface area contributed by atoms with Gasteiger partial charge in [0.25, 0.3) is 0 Å². The molecular formula is C13H15N3O4. The lowest BCUT2D eigenvalue weighted by Gasteiger charge is -2.22. The summed E-state index contributed by atoms with van der Waals surface area (Å²) in [6, 6.07) is 4.57. The van der Waals surface area contributed by atoms with E-state index in [-0.39, 0.29) is 17.5 Å². The van der Waals surface area contributed by atoms with E-state index in [0.717, 1.165) is 13.2 Å². The van der Waals surface area contributed by atoms with Gasteiger partial charge < -0.3 is 24.8 Å². The van der Waals surface area contributed by atoms with Gasteiger partial charge in [0.2, 0.25) is 11.7 Å². The van der Waals surface area contributed by atoms with Gasteiger partial charge in [-0.1, -0.05) is 5.16 Å². The molecular weight excluding hydrogens is 262 g/mol. The molecule has 7 nitrogen and oxygen atoms in total. The molecule has 1 aliphatic rings. The summed E-state index contributed by atoms with van der Waals surface area (Å²) < 4.78 is 10.6. The second-order valence-corrected chi connectivity index (χ2v) is 4.65. The highest BCUT2D eigenvalue weighted by atomic mass is 16.5. The number of rotatable bonds is 3. The van der Waals surface area contributed by atoms with Crippen molar-refractivity contribution >= 4 is 0 Å². The van der Waals surface area contributed by atoms with Crippen LogP contribution in [-0.2, 0) is 11.2 Å².